The number of imide groups is 1. The summed E-state index contributed by atoms with van der Waals surface area (Å²) in [5.41, 5.74) is 2.79. The number of para-hydroxylation sites is 1. The average Bonchev–Trinajstić information content (AvgIpc) is 3.64. The topological polar surface area (TPSA) is 73.0 Å². The van der Waals surface area contributed by atoms with Crippen LogP contribution in [0, 0.1) is 11.6 Å². The van der Waals surface area contributed by atoms with Crippen molar-refractivity contribution in [2.45, 2.75) is 24.4 Å². The van der Waals surface area contributed by atoms with Crippen LogP contribution < -0.4 is 5.32 Å². The number of hydrogen-bond donors (Lipinski definition) is 1. The molecule has 2 saturated heterocycles. The predicted molar refractivity (Wildman–Crippen MR) is 133 cm³/mol. The first-order chi connectivity index (χ1) is 17.9. The van der Waals surface area contributed by atoms with Gasteiger partial charge in [-0.05, 0) is 29.7 Å². The van der Waals surface area contributed by atoms with Crippen LogP contribution in [0.2, 0.25) is 0 Å². The minimum atomic E-state index is -0.782. The summed E-state index contributed by atoms with van der Waals surface area (Å²) in [6.45, 7) is 0.577. The molecule has 0 aromatic heterocycles. The molecule has 3 aromatic rings. The maximum Gasteiger partial charge on any atom is 0.327 e. The number of piperazine rings is 1. The highest BCUT2D eigenvalue weighted by Crippen LogP contribution is 2.47. The number of fused-ring (bicyclic) bond motifs is 1. The molecule has 2 unspecified atom stereocenters. The molecule has 2 aliphatic heterocycles. The number of hydrogen-bond acceptors (Lipinski definition) is 3. The Morgan fingerprint density at radius 1 is 0.919 bits per heavy atom. The molecule has 0 radical (unpaired) electrons. The second-order valence-electron chi connectivity index (χ2n) is 9.56. The molecule has 9 heteroatoms. The number of carbonyl (C=O) groups excluding carboxylic acids is 3. The summed E-state index contributed by atoms with van der Waals surface area (Å²) in [4.78, 5) is 43.7. The standard InChI is InChI=1S/C28H24F2N4O3/c29-18-10-11-20(22(30)14-18)21-15-24(21)34-26(35)25-16-32(12-13-33(25)28(34)37)27(36)31-23-9-5-4-8-19(23)17-6-2-1-3-7-17/h1-11,14,21,24-25H,12-13,15-16H2,(H,31,36)/t21?,24?,25-/m0/s1. The van der Waals surface area contributed by atoms with Gasteiger partial charge in [-0.2, -0.15) is 0 Å². The van der Waals surface area contributed by atoms with E-state index in [-0.39, 0.29) is 37.5 Å². The fourth-order valence-electron chi connectivity index (χ4n) is 5.37. The lowest BCUT2D eigenvalue weighted by Gasteiger charge is -2.35. The van der Waals surface area contributed by atoms with Crippen LogP contribution in [-0.4, -0.2) is 64.4 Å². The Bertz CT molecular complexity index is 1400. The number of rotatable bonds is 4. The van der Waals surface area contributed by atoms with Crippen molar-refractivity contribution in [3.63, 3.8) is 0 Å². The van der Waals surface area contributed by atoms with Gasteiger partial charge in [-0.3, -0.25) is 9.69 Å². The lowest BCUT2D eigenvalue weighted by atomic mass is 10.0. The van der Waals surface area contributed by atoms with Gasteiger partial charge in [0.1, 0.15) is 17.7 Å². The van der Waals surface area contributed by atoms with Gasteiger partial charge in [-0.25, -0.2) is 18.4 Å². The third kappa shape index (κ3) is 4.10. The monoisotopic (exact) mass is 502 g/mol. The number of nitrogens with one attached hydrogen (secondary N) is 1. The molecule has 0 spiro atoms. The summed E-state index contributed by atoms with van der Waals surface area (Å²) < 4.78 is 27.6. The van der Waals surface area contributed by atoms with E-state index in [2.05, 4.69) is 5.32 Å². The second-order valence-corrected chi connectivity index (χ2v) is 9.56. The van der Waals surface area contributed by atoms with Gasteiger partial charge in [0.2, 0.25) is 0 Å². The Morgan fingerprint density at radius 2 is 1.68 bits per heavy atom. The van der Waals surface area contributed by atoms with Crippen molar-refractivity contribution >= 4 is 23.7 Å². The molecule has 3 aromatic carbocycles. The van der Waals surface area contributed by atoms with Crippen LogP contribution in [0.25, 0.3) is 11.1 Å². The third-order valence-corrected chi connectivity index (χ3v) is 7.35. The van der Waals surface area contributed by atoms with Gasteiger partial charge in [-0.15, -0.1) is 0 Å². The number of urea groups is 2. The summed E-state index contributed by atoms with van der Waals surface area (Å²) in [6.07, 6.45) is 0.432. The van der Waals surface area contributed by atoms with Gasteiger partial charge < -0.3 is 15.1 Å². The van der Waals surface area contributed by atoms with Crippen LogP contribution >= 0.6 is 0 Å². The van der Waals surface area contributed by atoms with Crippen LogP contribution in [0.4, 0.5) is 24.1 Å². The highest BCUT2D eigenvalue weighted by molar-refractivity contribution is 6.06. The largest absolute Gasteiger partial charge is 0.327 e. The molecular formula is C28H24F2N4O3. The van der Waals surface area contributed by atoms with Gasteiger partial charge in [0, 0.05) is 36.7 Å². The number of benzene rings is 3. The average molecular weight is 503 g/mol. The zero-order valence-electron chi connectivity index (χ0n) is 19.8. The maximum atomic E-state index is 14.3. The van der Waals surface area contributed by atoms with E-state index in [1.807, 2.05) is 54.6 Å². The summed E-state index contributed by atoms with van der Waals surface area (Å²) >= 11 is 0. The summed E-state index contributed by atoms with van der Waals surface area (Å²) in [5, 5.41) is 2.96. The Balaban J connectivity index is 1.15. The van der Waals surface area contributed by atoms with Crippen molar-refractivity contribution < 1.29 is 23.2 Å². The maximum absolute atomic E-state index is 14.3. The van der Waals surface area contributed by atoms with E-state index in [9.17, 15) is 23.2 Å². The third-order valence-electron chi connectivity index (χ3n) is 7.35. The molecular weight excluding hydrogens is 478 g/mol. The van der Waals surface area contributed by atoms with E-state index in [4.69, 9.17) is 0 Å². The van der Waals surface area contributed by atoms with Crippen LogP contribution in [0.3, 0.4) is 0 Å². The van der Waals surface area contributed by atoms with E-state index in [0.717, 1.165) is 17.2 Å². The van der Waals surface area contributed by atoms with Crippen molar-refractivity contribution in [2.24, 2.45) is 0 Å². The van der Waals surface area contributed by atoms with Crippen LogP contribution in [0.5, 0.6) is 0 Å². The number of carbonyl (C=O) groups is 3. The van der Waals surface area contributed by atoms with E-state index in [1.165, 1.54) is 21.9 Å². The molecule has 1 saturated carbocycles. The molecule has 37 heavy (non-hydrogen) atoms. The van der Waals surface area contributed by atoms with Gasteiger partial charge in [-0.1, -0.05) is 54.6 Å². The van der Waals surface area contributed by atoms with Gasteiger partial charge in [0.15, 0.2) is 0 Å². The molecule has 3 fully saturated rings. The second kappa shape index (κ2) is 8.99. The van der Waals surface area contributed by atoms with E-state index in [1.54, 1.807) is 4.90 Å². The molecule has 7 nitrogen and oxygen atoms in total. The molecule has 3 aliphatic rings. The Kier molecular flexibility index (Phi) is 5.62. The predicted octanol–water partition coefficient (Wildman–Crippen LogP) is 4.67. The molecule has 6 rings (SSSR count). The number of amides is 5. The Morgan fingerprint density at radius 3 is 2.46 bits per heavy atom. The molecule has 2 heterocycles. The van der Waals surface area contributed by atoms with Crippen molar-refractivity contribution in [1.82, 2.24) is 14.7 Å². The number of anilines is 1. The first-order valence-electron chi connectivity index (χ1n) is 12.2. The fourth-order valence-corrected chi connectivity index (χ4v) is 5.37. The lowest BCUT2D eigenvalue weighted by Crippen LogP contribution is -2.55. The van der Waals surface area contributed by atoms with Crippen molar-refractivity contribution in [3.05, 3.63) is 90.0 Å². The van der Waals surface area contributed by atoms with Crippen LogP contribution in [-0.2, 0) is 4.79 Å². The van der Waals surface area contributed by atoms with Crippen molar-refractivity contribution in [1.29, 1.82) is 0 Å². The first kappa shape index (κ1) is 23.1. The van der Waals surface area contributed by atoms with Gasteiger partial charge >= 0.3 is 12.1 Å². The lowest BCUT2D eigenvalue weighted by molar-refractivity contribution is -0.129. The minimum Gasteiger partial charge on any atom is -0.320 e. The summed E-state index contributed by atoms with van der Waals surface area (Å²) in [6, 6.07) is 18.5. The van der Waals surface area contributed by atoms with E-state index >= 15 is 0 Å². The number of nitrogens with zero attached hydrogens (tertiary/aromatic N) is 3. The van der Waals surface area contributed by atoms with Crippen LogP contribution in [0.1, 0.15) is 17.9 Å². The zero-order valence-corrected chi connectivity index (χ0v) is 19.8. The summed E-state index contributed by atoms with van der Waals surface area (Å²) in [7, 11) is 0. The van der Waals surface area contributed by atoms with Gasteiger partial charge in [0.25, 0.3) is 5.91 Å². The van der Waals surface area contributed by atoms with Crippen molar-refractivity contribution in [3.8, 4) is 11.1 Å². The molecule has 1 aliphatic carbocycles. The van der Waals surface area contributed by atoms with Crippen molar-refractivity contribution in [2.75, 3.05) is 25.0 Å². The van der Waals surface area contributed by atoms with E-state index < -0.39 is 29.7 Å². The highest BCUT2D eigenvalue weighted by Gasteiger charge is 2.57. The van der Waals surface area contributed by atoms with Gasteiger partial charge in [0.05, 0.1) is 12.2 Å². The number of halogens is 2. The fraction of sp³-hybridized carbons (Fsp3) is 0.250. The molecule has 3 atom stereocenters. The quantitative estimate of drug-likeness (QED) is 0.527. The Hall–Kier alpha value is -4.27. The SMILES string of the molecule is O=C(Nc1ccccc1-c1ccccc1)N1CCN2C(=O)N(C3CC3c3ccc(F)cc3F)C(=O)[C@@H]2C1. The Labute approximate surface area is 212 Å². The van der Waals surface area contributed by atoms with E-state index in [0.29, 0.717) is 17.7 Å². The summed E-state index contributed by atoms with van der Waals surface area (Å²) in [5.74, 6) is -2.09. The highest BCUT2D eigenvalue weighted by atomic mass is 19.1. The minimum absolute atomic E-state index is 0.0721. The smallest absolute Gasteiger partial charge is 0.320 e. The first-order valence-corrected chi connectivity index (χ1v) is 12.2. The zero-order chi connectivity index (χ0) is 25.7. The molecule has 5 amide bonds. The molecule has 0 bridgehead atoms. The molecule has 1 N–H and O–H groups in total. The molecule has 188 valence electrons. The van der Waals surface area contributed by atoms with Crippen LogP contribution in [0.15, 0.2) is 72.8 Å². The normalized spacial score (nSPS) is 22.8.